The zero-order chi connectivity index (χ0) is 23.0. The molecule has 0 aliphatic heterocycles. The van der Waals surface area contributed by atoms with Crippen molar-refractivity contribution in [2.24, 2.45) is 0 Å². The Kier molecular flexibility index (Phi) is 7.59. The average molecular weight is 480 g/mol. The Bertz CT molecular complexity index is 1220. The maximum atomic E-state index is 12.4. The molecule has 0 aliphatic carbocycles. The van der Waals surface area contributed by atoms with Crippen LogP contribution in [0.3, 0.4) is 0 Å². The van der Waals surface area contributed by atoms with E-state index >= 15 is 0 Å². The van der Waals surface area contributed by atoms with Gasteiger partial charge in [-0.05, 0) is 55.5 Å². The van der Waals surface area contributed by atoms with E-state index in [0.717, 1.165) is 22.7 Å². The number of amides is 1. The summed E-state index contributed by atoms with van der Waals surface area (Å²) in [5, 5.41) is 12.8. The van der Waals surface area contributed by atoms with E-state index < -0.39 is 0 Å². The Balaban J connectivity index is 1.57. The molecule has 168 valence electrons. The van der Waals surface area contributed by atoms with Gasteiger partial charge in [-0.2, -0.15) is 0 Å². The number of carbonyl (C=O) groups excluding carboxylic acids is 1. The highest BCUT2D eigenvalue weighted by Crippen LogP contribution is 2.32. The maximum Gasteiger partial charge on any atom is 0.230 e. The van der Waals surface area contributed by atoms with Gasteiger partial charge in [0.25, 0.3) is 0 Å². The molecule has 2 heterocycles. The molecule has 0 radical (unpaired) electrons. The summed E-state index contributed by atoms with van der Waals surface area (Å²) in [6.07, 6.45) is 1.70. The summed E-state index contributed by atoms with van der Waals surface area (Å²) in [5.41, 5.74) is 2.40. The number of benzene rings is 2. The maximum absolute atomic E-state index is 12.4. The van der Waals surface area contributed by atoms with E-state index in [9.17, 15) is 4.79 Å². The van der Waals surface area contributed by atoms with Crippen molar-refractivity contribution >= 4 is 29.3 Å². The van der Waals surface area contributed by atoms with Crippen LogP contribution in [0.15, 0.2) is 78.1 Å². The molecule has 0 aliphatic rings. The number of thioether (sulfide) groups is 1. The Morgan fingerprint density at radius 2 is 1.85 bits per heavy atom. The number of carbonyl (C=O) groups is 1. The standard InChI is InChI=1S/C24H22ClN5O2S/c1-2-32-19-12-10-18(11-13-19)30-23(20-8-3-4-9-21(20)25)28-29-24(30)33-16-22(31)27-15-17-7-5-6-14-26-17/h3-14H,2,15-16H2,1H3,(H,27,31). The number of rotatable bonds is 9. The van der Waals surface area contributed by atoms with Gasteiger partial charge in [0, 0.05) is 17.4 Å². The number of halogens is 1. The van der Waals surface area contributed by atoms with E-state index in [1.807, 2.05) is 78.2 Å². The van der Waals surface area contributed by atoms with Gasteiger partial charge in [0.1, 0.15) is 5.75 Å². The number of ether oxygens (including phenoxy) is 1. The minimum atomic E-state index is -0.119. The minimum Gasteiger partial charge on any atom is -0.494 e. The van der Waals surface area contributed by atoms with Crippen LogP contribution in [0.5, 0.6) is 5.75 Å². The summed E-state index contributed by atoms with van der Waals surface area (Å²) in [6.45, 7) is 2.90. The Morgan fingerprint density at radius 1 is 1.06 bits per heavy atom. The number of nitrogens with zero attached hydrogens (tertiary/aromatic N) is 4. The molecule has 9 heteroatoms. The summed E-state index contributed by atoms with van der Waals surface area (Å²) in [7, 11) is 0. The van der Waals surface area contributed by atoms with Gasteiger partial charge in [-0.15, -0.1) is 10.2 Å². The van der Waals surface area contributed by atoms with Crippen LogP contribution in [-0.4, -0.2) is 38.0 Å². The van der Waals surface area contributed by atoms with Crippen molar-refractivity contribution in [3.05, 3.63) is 83.6 Å². The zero-order valence-corrected chi connectivity index (χ0v) is 19.5. The van der Waals surface area contributed by atoms with Crippen LogP contribution in [0.25, 0.3) is 17.1 Å². The number of pyridine rings is 1. The number of hydrogen-bond donors (Lipinski definition) is 1. The third kappa shape index (κ3) is 5.71. The van der Waals surface area contributed by atoms with Crippen LogP contribution in [0.2, 0.25) is 5.02 Å². The molecule has 0 saturated carbocycles. The lowest BCUT2D eigenvalue weighted by Gasteiger charge is -2.12. The number of aromatic nitrogens is 4. The lowest BCUT2D eigenvalue weighted by molar-refractivity contribution is -0.118. The quantitative estimate of drug-likeness (QED) is 0.347. The van der Waals surface area contributed by atoms with Crippen molar-refractivity contribution in [1.29, 1.82) is 0 Å². The van der Waals surface area contributed by atoms with Crippen molar-refractivity contribution in [1.82, 2.24) is 25.1 Å². The van der Waals surface area contributed by atoms with E-state index in [1.54, 1.807) is 6.20 Å². The first kappa shape index (κ1) is 22.8. The minimum absolute atomic E-state index is 0.119. The molecule has 33 heavy (non-hydrogen) atoms. The van der Waals surface area contributed by atoms with Crippen molar-refractivity contribution in [2.75, 3.05) is 12.4 Å². The zero-order valence-electron chi connectivity index (χ0n) is 17.9. The largest absolute Gasteiger partial charge is 0.494 e. The van der Waals surface area contributed by atoms with Crippen molar-refractivity contribution in [3.8, 4) is 22.8 Å². The fourth-order valence-corrected chi connectivity index (χ4v) is 4.15. The molecule has 2 aromatic heterocycles. The molecule has 2 aromatic carbocycles. The Hall–Kier alpha value is -3.36. The fraction of sp³-hybridized carbons (Fsp3) is 0.167. The molecule has 4 aromatic rings. The van der Waals surface area contributed by atoms with Gasteiger partial charge in [-0.25, -0.2) is 0 Å². The first-order chi connectivity index (χ1) is 16.2. The van der Waals surface area contributed by atoms with Gasteiger partial charge in [0.05, 0.1) is 29.6 Å². The molecule has 7 nitrogen and oxygen atoms in total. The van der Waals surface area contributed by atoms with E-state index in [0.29, 0.717) is 29.2 Å². The lowest BCUT2D eigenvalue weighted by Crippen LogP contribution is -2.25. The van der Waals surface area contributed by atoms with Gasteiger partial charge in [-0.1, -0.05) is 41.6 Å². The highest BCUT2D eigenvalue weighted by Gasteiger charge is 2.19. The molecule has 1 N–H and O–H groups in total. The van der Waals surface area contributed by atoms with Crippen LogP contribution in [0.1, 0.15) is 12.6 Å². The fourth-order valence-electron chi connectivity index (χ4n) is 3.14. The predicted molar refractivity (Wildman–Crippen MR) is 130 cm³/mol. The highest BCUT2D eigenvalue weighted by atomic mass is 35.5. The van der Waals surface area contributed by atoms with E-state index in [1.165, 1.54) is 11.8 Å². The first-order valence-electron chi connectivity index (χ1n) is 10.4. The second-order valence-electron chi connectivity index (χ2n) is 6.93. The van der Waals surface area contributed by atoms with Crippen LogP contribution < -0.4 is 10.1 Å². The van der Waals surface area contributed by atoms with Gasteiger partial charge in [0.2, 0.25) is 5.91 Å². The molecule has 0 saturated heterocycles. The summed E-state index contributed by atoms with van der Waals surface area (Å²) in [4.78, 5) is 16.6. The Labute approximate surface area is 201 Å². The van der Waals surface area contributed by atoms with Crippen molar-refractivity contribution in [3.63, 3.8) is 0 Å². The normalized spacial score (nSPS) is 10.7. The molecule has 0 unspecified atom stereocenters. The molecule has 0 atom stereocenters. The van der Waals surface area contributed by atoms with E-state index in [2.05, 4.69) is 20.5 Å². The molecule has 4 rings (SSSR count). The smallest absolute Gasteiger partial charge is 0.230 e. The number of hydrogen-bond acceptors (Lipinski definition) is 6. The lowest BCUT2D eigenvalue weighted by atomic mass is 10.2. The summed E-state index contributed by atoms with van der Waals surface area (Å²) < 4.78 is 7.46. The Morgan fingerprint density at radius 3 is 2.58 bits per heavy atom. The third-order valence-electron chi connectivity index (χ3n) is 4.68. The van der Waals surface area contributed by atoms with E-state index in [4.69, 9.17) is 16.3 Å². The predicted octanol–water partition coefficient (Wildman–Crippen LogP) is 4.79. The van der Waals surface area contributed by atoms with Crippen LogP contribution >= 0.6 is 23.4 Å². The summed E-state index contributed by atoms with van der Waals surface area (Å²) in [5.74, 6) is 1.44. The van der Waals surface area contributed by atoms with Crippen molar-refractivity contribution in [2.45, 2.75) is 18.6 Å². The molecule has 0 bridgehead atoms. The van der Waals surface area contributed by atoms with E-state index in [-0.39, 0.29) is 11.7 Å². The molecule has 0 spiro atoms. The molecule has 0 fully saturated rings. The summed E-state index contributed by atoms with van der Waals surface area (Å²) in [6, 6.07) is 20.7. The van der Waals surface area contributed by atoms with Gasteiger partial charge >= 0.3 is 0 Å². The average Bonchev–Trinajstić information content (AvgIpc) is 3.27. The molecule has 1 amide bonds. The number of nitrogens with one attached hydrogen (secondary N) is 1. The second-order valence-corrected chi connectivity index (χ2v) is 8.28. The van der Waals surface area contributed by atoms with Crippen LogP contribution in [0.4, 0.5) is 0 Å². The van der Waals surface area contributed by atoms with Gasteiger partial charge < -0.3 is 10.1 Å². The van der Waals surface area contributed by atoms with Gasteiger partial charge in [-0.3, -0.25) is 14.3 Å². The monoisotopic (exact) mass is 479 g/mol. The topological polar surface area (TPSA) is 81.9 Å². The highest BCUT2D eigenvalue weighted by molar-refractivity contribution is 7.99. The van der Waals surface area contributed by atoms with Gasteiger partial charge in [0.15, 0.2) is 11.0 Å². The third-order valence-corrected chi connectivity index (χ3v) is 5.94. The van der Waals surface area contributed by atoms with Crippen LogP contribution in [-0.2, 0) is 11.3 Å². The SMILES string of the molecule is CCOc1ccc(-n2c(SCC(=O)NCc3ccccn3)nnc2-c2ccccc2Cl)cc1. The molecular formula is C24H22ClN5O2S. The first-order valence-corrected chi connectivity index (χ1v) is 11.7. The molecular weight excluding hydrogens is 458 g/mol. The van der Waals surface area contributed by atoms with Crippen LogP contribution in [0, 0.1) is 0 Å². The van der Waals surface area contributed by atoms with Crippen molar-refractivity contribution < 1.29 is 9.53 Å². The summed E-state index contributed by atoms with van der Waals surface area (Å²) >= 11 is 7.75. The second kappa shape index (κ2) is 11.0.